The molecule has 2 saturated carbocycles. The van der Waals surface area contributed by atoms with Gasteiger partial charge in [0.25, 0.3) is 0 Å². The summed E-state index contributed by atoms with van der Waals surface area (Å²) >= 11 is 0. The summed E-state index contributed by atoms with van der Waals surface area (Å²) in [6.45, 7) is 2.03. The zero-order valence-corrected chi connectivity index (χ0v) is 13.6. The van der Waals surface area contributed by atoms with Crippen molar-refractivity contribution in [2.24, 2.45) is 0 Å². The number of halogens is 2. The second-order valence-corrected chi connectivity index (χ2v) is 6.75. The van der Waals surface area contributed by atoms with Crippen molar-refractivity contribution < 1.29 is 8.78 Å². The molecule has 0 bridgehead atoms. The van der Waals surface area contributed by atoms with Gasteiger partial charge in [0.2, 0.25) is 0 Å². The molecule has 0 saturated heterocycles. The van der Waals surface area contributed by atoms with Crippen LogP contribution in [0.25, 0.3) is 0 Å². The molecule has 2 N–H and O–H groups in total. The Morgan fingerprint density at radius 2 is 1.79 bits per heavy atom. The van der Waals surface area contributed by atoms with Crippen LogP contribution in [-0.2, 0) is 6.54 Å². The minimum absolute atomic E-state index is 0.0777. The third-order valence-electron chi connectivity index (χ3n) is 4.77. The molecule has 6 heteroatoms. The maximum absolute atomic E-state index is 14.1. The summed E-state index contributed by atoms with van der Waals surface area (Å²) in [6, 6.07) is 4.22. The molecule has 1 heterocycles. The quantitative estimate of drug-likeness (QED) is 0.908. The van der Waals surface area contributed by atoms with Gasteiger partial charge in [-0.1, -0.05) is 6.07 Å². The number of nitrogens with two attached hydrogens (primary N) is 1. The van der Waals surface area contributed by atoms with E-state index in [0.29, 0.717) is 11.7 Å². The van der Waals surface area contributed by atoms with Crippen molar-refractivity contribution in [3.63, 3.8) is 0 Å². The Morgan fingerprint density at radius 1 is 1.12 bits per heavy atom. The van der Waals surface area contributed by atoms with E-state index in [1.165, 1.54) is 18.2 Å². The topological polar surface area (TPSA) is 55.0 Å². The summed E-state index contributed by atoms with van der Waals surface area (Å²) in [5.41, 5.74) is 6.93. The average molecular weight is 330 g/mol. The number of benzene rings is 1. The van der Waals surface area contributed by atoms with Gasteiger partial charge < -0.3 is 10.6 Å². The van der Waals surface area contributed by atoms with E-state index in [1.54, 1.807) is 0 Å². The Hall–Kier alpha value is -2.24. The van der Waals surface area contributed by atoms with E-state index < -0.39 is 11.6 Å². The second-order valence-electron chi connectivity index (χ2n) is 6.75. The van der Waals surface area contributed by atoms with E-state index in [0.717, 1.165) is 42.9 Å². The number of hydrogen-bond acceptors (Lipinski definition) is 4. The van der Waals surface area contributed by atoms with Crippen LogP contribution < -0.4 is 10.6 Å². The molecule has 1 aromatic heterocycles. The van der Waals surface area contributed by atoms with Crippen LogP contribution in [0.4, 0.5) is 20.4 Å². The molecule has 4 nitrogen and oxygen atoms in total. The molecule has 0 radical (unpaired) electrons. The zero-order valence-electron chi connectivity index (χ0n) is 13.6. The molecular weight excluding hydrogens is 310 g/mol. The van der Waals surface area contributed by atoms with E-state index in [4.69, 9.17) is 10.7 Å². The number of hydrogen-bond donors (Lipinski definition) is 1. The van der Waals surface area contributed by atoms with Gasteiger partial charge in [-0.2, -0.15) is 0 Å². The first-order chi connectivity index (χ1) is 11.5. The van der Waals surface area contributed by atoms with Crippen LogP contribution in [0.5, 0.6) is 0 Å². The molecule has 2 aliphatic carbocycles. The van der Waals surface area contributed by atoms with Gasteiger partial charge in [0.15, 0.2) is 0 Å². The van der Waals surface area contributed by atoms with Gasteiger partial charge >= 0.3 is 0 Å². The maximum Gasteiger partial charge on any atom is 0.137 e. The highest BCUT2D eigenvalue weighted by atomic mass is 19.1. The summed E-state index contributed by atoms with van der Waals surface area (Å²) in [5, 5.41) is 0. The predicted molar refractivity (Wildman–Crippen MR) is 88.7 cm³/mol. The molecule has 0 amide bonds. The molecule has 0 unspecified atom stereocenters. The second kappa shape index (κ2) is 5.69. The van der Waals surface area contributed by atoms with Crippen LogP contribution in [-0.4, -0.2) is 16.0 Å². The Balaban J connectivity index is 1.74. The van der Waals surface area contributed by atoms with Crippen LogP contribution in [0, 0.1) is 18.6 Å². The van der Waals surface area contributed by atoms with Crippen molar-refractivity contribution in [2.75, 3.05) is 10.6 Å². The molecule has 2 fully saturated rings. The lowest BCUT2D eigenvalue weighted by molar-refractivity contribution is 0.548. The van der Waals surface area contributed by atoms with Crippen LogP contribution >= 0.6 is 0 Å². The molecule has 0 spiro atoms. The highest BCUT2D eigenvalue weighted by molar-refractivity contribution is 5.58. The molecule has 126 valence electrons. The Labute approximate surface area is 139 Å². The number of aromatic nitrogens is 2. The summed E-state index contributed by atoms with van der Waals surface area (Å²) in [4.78, 5) is 11.1. The third-order valence-corrected chi connectivity index (χ3v) is 4.77. The minimum atomic E-state index is -0.525. The molecule has 0 aliphatic heterocycles. The van der Waals surface area contributed by atoms with Gasteiger partial charge in [0.1, 0.15) is 29.1 Å². The largest absolute Gasteiger partial charge is 0.383 e. The predicted octanol–water partition coefficient (Wildman–Crippen LogP) is 3.69. The van der Waals surface area contributed by atoms with E-state index in [1.807, 2.05) is 11.8 Å². The fraction of sp³-hybridized carbons (Fsp3) is 0.444. The fourth-order valence-electron chi connectivity index (χ4n) is 2.96. The first kappa shape index (κ1) is 15.3. The van der Waals surface area contributed by atoms with E-state index in [-0.39, 0.29) is 18.2 Å². The summed E-state index contributed by atoms with van der Waals surface area (Å²) in [5.74, 6) is 1.26. The monoisotopic (exact) mass is 330 g/mol. The smallest absolute Gasteiger partial charge is 0.137 e. The van der Waals surface area contributed by atoms with Crippen molar-refractivity contribution in [1.82, 2.24) is 9.97 Å². The van der Waals surface area contributed by atoms with Gasteiger partial charge in [0.05, 0.1) is 6.54 Å². The van der Waals surface area contributed by atoms with Gasteiger partial charge in [0, 0.05) is 23.1 Å². The normalized spacial score (nSPS) is 17.1. The fourth-order valence-corrected chi connectivity index (χ4v) is 2.96. The van der Waals surface area contributed by atoms with Crippen LogP contribution in [0.1, 0.15) is 48.6 Å². The van der Waals surface area contributed by atoms with Crippen molar-refractivity contribution in [3.8, 4) is 0 Å². The van der Waals surface area contributed by atoms with Crippen LogP contribution in [0.15, 0.2) is 18.2 Å². The molecule has 2 aromatic rings. The van der Waals surface area contributed by atoms with Crippen LogP contribution in [0.2, 0.25) is 0 Å². The number of nitrogen functional groups attached to an aromatic ring is 1. The Morgan fingerprint density at radius 3 is 2.38 bits per heavy atom. The highest BCUT2D eigenvalue weighted by Crippen LogP contribution is 2.41. The first-order valence-corrected chi connectivity index (χ1v) is 8.38. The molecule has 0 atom stereocenters. The molecule has 2 aliphatic rings. The van der Waals surface area contributed by atoms with Gasteiger partial charge in [-0.25, -0.2) is 18.7 Å². The van der Waals surface area contributed by atoms with E-state index >= 15 is 0 Å². The van der Waals surface area contributed by atoms with Crippen molar-refractivity contribution in [3.05, 3.63) is 46.8 Å². The number of anilines is 2. The lowest BCUT2D eigenvalue weighted by Gasteiger charge is -2.26. The average Bonchev–Trinajstić information content (AvgIpc) is 3.43. The SMILES string of the molecule is Cc1c(N)nc(C2CC2)nc1N(Cc1c(F)cccc1F)C1CC1. The van der Waals surface area contributed by atoms with Crippen molar-refractivity contribution >= 4 is 11.6 Å². The Kier molecular flexibility index (Phi) is 3.62. The zero-order chi connectivity index (χ0) is 16.8. The van der Waals surface area contributed by atoms with Crippen molar-refractivity contribution in [1.29, 1.82) is 0 Å². The number of rotatable bonds is 5. The highest BCUT2D eigenvalue weighted by Gasteiger charge is 2.34. The molecule has 24 heavy (non-hydrogen) atoms. The third kappa shape index (κ3) is 2.81. The lowest BCUT2D eigenvalue weighted by atomic mass is 10.1. The molecule has 1 aromatic carbocycles. The van der Waals surface area contributed by atoms with Gasteiger partial charge in [-0.3, -0.25) is 0 Å². The van der Waals surface area contributed by atoms with Gasteiger partial charge in [-0.15, -0.1) is 0 Å². The summed E-state index contributed by atoms with van der Waals surface area (Å²) < 4.78 is 28.2. The van der Waals surface area contributed by atoms with E-state index in [2.05, 4.69) is 4.98 Å². The summed E-state index contributed by atoms with van der Waals surface area (Å²) in [7, 11) is 0. The minimum Gasteiger partial charge on any atom is -0.383 e. The first-order valence-electron chi connectivity index (χ1n) is 8.38. The Bertz CT molecular complexity index is 765. The standard InChI is InChI=1S/C18H20F2N4/c1-10-16(21)22-17(11-5-6-11)23-18(10)24(12-7-8-12)9-13-14(19)3-2-4-15(13)20/h2-4,11-12H,5-9H2,1H3,(H2,21,22,23). The van der Waals surface area contributed by atoms with Crippen LogP contribution in [0.3, 0.4) is 0 Å². The summed E-state index contributed by atoms with van der Waals surface area (Å²) in [6.07, 6.45) is 4.15. The lowest BCUT2D eigenvalue weighted by Crippen LogP contribution is -2.29. The molecular formula is C18H20F2N4. The number of nitrogens with zero attached hydrogens (tertiary/aromatic N) is 3. The maximum atomic E-state index is 14.1. The van der Waals surface area contributed by atoms with E-state index in [9.17, 15) is 8.78 Å². The van der Waals surface area contributed by atoms with Gasteiger partial charge in [-0.05, 0) is 44.7 Å². The molecule has 4 rings (SSSR count). The van der Waals surface area contributed by atoms with Crippen molar-refractivity contribution in [2.45, 2.75) is 51.1 Å².